The van der Waals surface area contributed by atoms with Gasteiger partial charge in [-0.3, -0.25) is 9.71 Å². The second-order valence-electron chi connectivity index (χ2n) is 11.9. The van der Waals surface area contributed by atoms with E-state index in [2.05, 4.69) is 9.71 Å². The molecule has 1 N–H and O–H groups in total. The minimum Gasteiger partial charge on any atom is -0.444 e. The maximum atomic E-state index is 16.0. The third-order valence-electron chi connectivity index (χ3n) is 7.52. The number of carbonyl (C=O) groups excluding carboxylic acids is 1. The number of rotatable bonds is 8. The summed E-state index contributed by atoms with van der Waals surface area (Å²) >= 11 is 0. The largest absolute Gasteiger partial charge is 0.444 e. The predicted octanol–water partition coefficient (Wildman–Crippen LogP) is 5.55. The quantitative estimate of drug-likeness (QED) is 0.266. The van der Waals surface area contributed by atoms with E-state index in [0.29, 0.717) is 54.4 Å². The maximum absolute atomic E-state index is 16.0. The highest BCUT2D eigenvalue weighted by molar-refractivity contribution is 7.90. The Balaban J connectivity index is 1.45. The van der Waals surface area contributed by atoms with Crippen LogP contribution in [0.2, 0.25) is 0 Å². The molecule has 1 saturated heterocycles. The summed E-state index contributed by atoms with van der Waals surface area (Å²) < 4.78 is 67.1. The van der Waals surface area contributed by atoms with Crippen molar-refractivity contribution in [3.8, 4) is 28.1 Å². The van der Waals surface area contributed by atoms with Crippen molar-refractivity contribution in [1.29, 1.82) is 0 Å². The predicted molar refractivity (Wildman–Crippen MR) is 173 cm³/mol. The average Bonchev–Trinajstić information content (AvgIpc) is 3.46. The van der Waals surface area contributed by atoms with E-state index in [1.165, 1.54) is 29.9 Å². The van der Waals surface area contributed by atoms with Gasteiger partial charge in [-0.2, -0.15) is 17.8 Å². The number of hydrogen-bond acceptors (Lipinski definition) is 7. The Morgan fingerprint density at radius 3 is 2.35 bits per heavy atom. The second-order valence-corrected chi connectivity index (χ2v) is 13.6. The van der Waals surface area contributed by atoms with E-state index in [0.717, 1.165) is 4.31 Å². The molecule has 0 bridgehead atoms. The Morgan fingerprint density at radius 2 is 1.72 bits per heavy atom. The van der Waals surface area contributed by atoms with Crippen molar-refractivity contribution >= 4 is 27.7 Å². The number of aromatic nitrogens is 3. The Morgan fingerprint density at radius 1 is 1.02 bits per heavy atom. The van der Waals surface area contributed by atoms with Crippen molar-refractivity contribution in [2.75, 3.05) is 49.4 Å². The Bertz CT molecular complexity index is 1820. The van der Waals surface area contributed by atoms with E-state index in [1.807, 2.05) is 25.7 Å². The van der Waals surface area contributed by atoms with Gasteiger partial charge in [0.2, 0.25) is 0 Å². The van der Waals surface area contributed by atoms with Crippen LogP contribution in [0.1, 0.15) is 27.7 Å². The number of pyridine rings is 1. The number of hydrogen-bond donors (Lipinski definition) is 1. The molecule has 11 nitrogen and oxygen atoms in total. The van der Waals surface area contributed by atoms with Crippen molar-refractivity contribution in [1.82, 2.24) is 24.0 Å². The summed E-state index contributed by atoms with van der Waals surface area (Å²) in [5, 5.41) is 4.69. The second kappa shape index (κ2) is 13.0. The number of nitrogens with one attached hydrogen (secondary N) is 1. The van der Waals surface area contributed by atoms with E-state index in [-0.39, 0.29) is 17.8 Å². The molecular formula is C32H37F2N7O4S. The molecule has 46 heavy (non-hydrogen) atoms. The smallest absolute Gasteiger partial charge is 0.410 e. The SMILES string of the molecule is CCN(C)S(=O)(=O)Nc1cccc(-c2cn(-c3ccc(N4CCN(C(=O)OC(C)(C)C)CC4)c(F)c3)nc2-c2ccncc2)c1F. The standard InChI is InChI=1S/C32H37F2N7O4S/c1-6-38(5)46(43,44)37-27-9-7-8-24(29(27)34)25-21-41(36-30(25)22-12-14-35-15-13-22)23-10-11-28(26(33)20-23)39-16-18-40(19-17-39)31(42)45-32(2,3)4/h7-15,20-21,37H,6,16-19H2,1-5H3. The topological polar surface area (TPSA) is 113 Å². The van der Waals surface area contributed by atoms with Gasteiger partial charge in [-0.05, 0) is 51.1 Å². The number of carbonyl (C=O) groups is 1. The van der Waals surface area contributed by atoms with Crippen LogP contribution in [0.4, 0.5) is 25.0 Å². The van der Waals surface area contributed by atoms with Crippen LogP contribution in [0.15, 0.2) is 67.1 Å². The van der Waals surface area contributed by atoms with E-state index in [9.17, 15) is 13.2 Å². The van der Waals surface area contributed by atoms with Gasteiger partial charge >= 0.3 is 16.3 Å². The number of amides is 1. The first-order valence-corrected chi connectivity index (χ1v) is 16.3. The molecule has 0 unspecified atom stereocenters. The summed E-state index contributed by atoms with van der Waals surface area (Å²) in [6.45, 7) is 8.95. The fourth-order valence-electron chi connectivity index (χ4n) is 4.98. The van der Waals surface area contributed by atoms with Gasteiger partial charge < -0.3 is 14.5 Å². The molecule has 244 valence electrons. The number of benzene rings is 2. The van der Waals surface area contributed by atoms with Gasteiger partial charge in [0.25, 0.3) is 0 Å². The fourth-order valence-corrected chi connectivity index (χ4v) is 5.91. The van der Waals surface area contributed by atoms with Crippen molar-refractivity contribution in [3.05, 3.63) is 78.8 Å². The first-order chi connectivity index (χ1) is 21.8. The highest BCUT2D eigenvalue weighted by Crippen LogP contribution is 2.36. The molecule has 1 aliphatic rings. The molecule has 0 atom stereocenters. The molecule has 0 saturated carbocycles. The van der Waals surface area contributed by atoms with Crippen molar-refractivity contribution in [2.45, 2.75) is 33.3 Å². The molecule has 0 aliphatic carbocycles. The molecule has 1 aliphatic heterocycles. The highest BCUT2D eigenvalue weighted by Gasteiger charge is 2.27. The molecule has 0 radical (unpaired) electrons. The van der Waals surface area contributed by atoms with Crippen molar-refractivity contribution < 1.29 is 26.7 Å². The molecular weight excluding hydrogens is 616 g/mol. The van der Waals surface area contributed by atoms with Crippen molar-refractivity contribution in [3.63, 3.8) is 0 Å². The van der Waals surface area contributed by atoms with Crippen LogP contribution in [0.3, 0.4) is 0 Å². The molecule has 0 spiro atoms. The highest BCUT2D eigenvalue weighted by atomic mass is 32.2. The van der Waals surface area contributed by atoms with E-state index in [1.54, 1.807) is 60.7 Å². The summed E-state index contributed by atoms with van der Waals surface area (Å²) in [5.41, 5.74) is 1.49. The Kier molecular flexibility index (Phi) is 9.31. The third-order valence-corrected chi connectivity index (χ3v) is 9.08. The molecule has 1 amide bonds. The number of nitrogens with zero attached hydrogens (tertiary/aromatic N) is 6. The van der Waals surface area contributed by atoms with Gasteiger partial charge in [0, 0.05) is 81.1 Å². The lowest BCUT2D eigenvalue weighted by Gasteiger charge is -2.36. The first kappa shape index (κ1) is 32.8. The number of anilines is 2. The zero-order chi connectivity index (χ0) is 33.2. The molecule has 3 heterocycles. The van der Waals surface area contributed by atoms with Gasteiger partial charge in [-0.1, -0.05) is 19.1 Å². The molecule has 4 aromatic rings. The van der Waals surface area contributed by atoms with Gasteiger partial charge in [0.1, 0.15) is 17.1 Å². The normalized spacial score (nSPS) is 14.1. The summed E-state index contributed by atoms with van der Waals surface area (Å²) in [6, 6.07) is 12.6. The lowest BCUT2D eigenvalue weighted by Crippen LogP contribution is -2.50. The van der Waals surface area contributed by atoms with Crippen LogP contribution in [0, 0.1) is 11.6 Å². The Labute approximate surface area is 267 Å². The van der Waals surface area contributed by atoms with Crippen LogP contribution >= 0.6 is 0 Å². The van der Waals surface area contributed by atoms with E-state index >= 15 is 8.78 Å². The molecule has 2 aromatic heterocycles. The minimum atomic E-state index is -3.97. The van der Waals surface area contributed by atoms with Crippen LogP contribution in [0.5, 0.6) is 0 Å². The number of halogens is 2. The summed E-state index contributed by atoms with van der Waals surface area (Å²) in [4.78, 5) is 20.0. The van der Waals surface area contributed by atoms with Crippen LogP contribution in [-0.2, 0) is 14.9 Å². The number of piperazine rings is 1. The van der Waals surface area contributed by atoms with Gasteiger partial charge in [0.05, 0.1) is 17.1 Å². The summed E-state index contributed by atoms with van der Waals surface area (Å²) in [5.74, 6) is -1.26. The van der Waals surface area contributed by atoms with Gasteiger partial charge in [-0.25, -0.2) is 18.3 Å². The Hall–Kier alpha value is -4.56. The monoisotopic (exact) mass is 653 g/mol. The van der Waals surface area contributed by atoms with Gasteiger partial charge in [0.15, 0.2) is 5.82 Å². The molecule has 5 rings (SSSR count). The number of ether oxygens (including phenoxy) is 1. The van der Waals surface area contributed by atoms with Gasteiger partial charge in [-0.15, -0.1) is 0 Å². The van der Waals surface area contributed by atoms with Crippen molar-refractivity contribution in [2.24, 2.45) is 0 Å². The van der Waals surface area contributed by atoms with E-state index < -0.39 is 33.5 Å². The first-order valence-electron chi connectivity index (χ1n) is 14.8. The van der Waals surface area contributed by atoms with E-state index in [4.69, 9.17) is 9.84 Å². The lowest BCUT2D eigenvalue weighted by atomic mass is 10.0. The maximum Gasteiger partial charge on any atom is 0.410 e. The zero-order valence-electron chi connectivity index (χ0n) is 26.4. The zero-order valence-corrected chi connectivity index (χ0v) is 27.2. The third kappa shape index (κ3) is 7.12. The lowest BCUT2D eigenvalue weighted by molar-refractivity contribution is 0.0240. The molecule has 2 aromatic carbocycles. The molecule has 1 fully saturated rings. The van der Waals surface area contributed by atoms with Crippen LogP contribution in [0.25, 0.3) is 28.1 Å². The fraction of sp³-hybridized carbons (Fsp3) is 0.344. The average molecular weight is 654 g/mol. The molecule has 14 heteroatoms. The van der Waals surface area contributed by atoms with Crippen LogP contribution < -0.4 is 9.62 Å². The van der Waals surface area contributed by atoms with Crippen LogP contribution in [-0.4, -0.2) is 83.9 Å². The minimum absolute atomic E-state index is 0.109. The summed E-state index contributed by atoms with van der Waals surface area (Å²) in [6.07, 6.45) is 4.35. The summed E-state index contributed by atoms with van der Waals surface area (Å²) in [7, 11) is -2.58.